The number of carbonyl (C=O) groups excluding carboxylic acids is 1. The van der Waals surface area contributed by atoms with Crippen LogP contribution in [0.3, 0.4) is 0 Å². The van der Waals surface area contributed by atoms with E-state index in [0.29, 0.717) is 18.1 Å². The van der Waals surface area contributed by atoms with Gasteiger partial charge in [-0.2, -0.15) is 4.57 Å². The third-order valence-electron chi connectivity index (χ3n) is 7.67. The molecule has 1 unspecified atom stereocenters. The lowest BCUT2D eigenvalue weighted by Gasteiger charge is -2.24. The largest absolute Gasteiger partial charge is 0.493 e. The normalized spacial score (nSPS) is 15.0. The molecule has 4 aromatic rings. The van der Waals surface area contributed by atoms with Gasteiger partial charge in [-0.05, 0) is 79.1 Å². The lowest BCUT2D eigenvalue weighted by Crippen LogP contribution is -2.42. The van der Waals surface area contributed by atoms with E-state index >= 15 is 0 Å². The van der Waals surface area contributed by atoms with E-state index in [0.717, 1.165) is 65.3 Å². The van der Waals surface area contributed by atoms with Crippen molar-refractivity contribution in [3.63, 3.8) is 0 Å². The molecule has 0 fully saturated rings. The van der Waals surface area contributed by atoms with E-state index < -0.39 is 0 Å². The number of hydrogen-bond acceptors (Lipinski definition) is 6. The van der Waals surface area contributed by atoms with Gasteiger partial charge >= 0.3 is 5.97 Å². The number of hydrogen-bond donors (Lipinski definition) is 0. The van der Waals surface area contributed by atoms with Crippen LogP contribution in [0.15, 0.2) is 60.8 Å². The van der Waals surface area contributed by atoms with E-state index in [1.807, 2.05) is 37.3 Å². The van der Waals surface area contributed by atoms with Gasteiger partial charge in [0.1, 0.15) is 0 Å². The number of esters is 1. The summed E-state index contributed by atoms with van der Waals surface area (Å²) >= 11 is 0. The smallest absolute Gasteiger partial charge is 0.338 e. The number of carbonyl (C=O) groups is 1. The second-order valence-electron chi connectivity index (χ2n) is 9.91. The van der Waals surface area contributed by atoms with Crippen molar-refractivity contribution in [1.82, 2.24) is 0 Å². The topological polar surface area (TPSA) is 67.1 Å². The van der Waals surface area contributed by atoms with Gasteiger partial charge in [0, 0.05) is 12.0 Å². The lowest BCUT2D eigenvalue weighted by atomic mass is 9.84. The zero-order valence-corrected chi connectivity index (χ0v) is 22.5. The summed E-state index contributed by atoms with van der Waals surface area (Å²) < 4.78 is 30.2. The molecule has 0 amide bonds. The van der Waals surface area contributed by atoms with Crippen LogP contribution in [0.5, 0.6) is 23.0 Å². The van der Waals surface area contributed by atoms with Crippen molar-refractivity contribution < 1.29 is 33.0 Å². The molecular weight excluding hydrogens is 494 g/mol. The second kappa shape index (κ2) is 10.5. The SMILES string of the molecule is CCOC(=O)c1ccc(CCCC2C[n+]3cc4c(OC)c(OC)ccc4cc3-c3cc4c(cc32)OCO4)cc1. The average molecular weight is 527 g/mol. The minimum atomic E-state index is -0.279. The van der Waals surface area contributed by atoms with Gasteiger partial charge in [0.05, 0.1) is 37.3 Å². The molecule has 0 saturated heterocycles. The molecule has 200 valence electrons. The molecule has 0 bridgehead atoms. The van der Waals surface area contributed by atoms with E-state index in [4.69, 9.17) is 23.7 Å². The van der Waals surface area contributed by atoms with Crippen molar-refractivity contribution in [2.75, 3.05) is 27.6 Å². The summed E-state index contributed by atoms with van der Waals surface area (Å²) in [4.78, 5) is 12.0. The van der Waals surface area contributed by atoms with E-state index in [1.165, 1.54) is 16.7 Å². The third-order valence-corrected chi connectivity index (χ3v) is 7.67. The van der Waals surface area contributed by atoms with Gasteiger partial charge in [0.15, 0.2) is 35.7 Å². The number of aromatic nitrogens is 1. The van der Waals surface area contributed by atoms with Gasteiger partial charge < -0.3 is 23.7 Å². The van der Waals surface area contributed by atoms with Crippen molar-refractivity contribution in [3.8, 4) is 34.3 Å². The van der Waals surface area contributed by atoms with Gasteiger partial charge in [0.25, 0.3) is 0 Å². The molecule has 0 aliphatic carbocycles. The minimum absolute atomic E-state index is 0.249. The quantitative estimate of drug-likeness (QED) is 0.212. The van der Waals surface area contributed by atoms with Crippen LogP contribution in [0.2, 0.25) is 0 Å². The maximum absolute atomic E-state index is 12.0. The van der Waals surface area contributed by atoms with Crippen LogP contribution in [-0.2, 0) is 17.7 Å². The monoisotopic (exact) mass is 526 g/mol. The van der Waals surface area contributed by atoms with Gasteiger partial charge in [-0.3, -0.25) is 0 Å². The first-order valence-corrected chi connectivity index (χ1v) is 13.4. The fraction of sp³-hybridized carbons (Fsp3) is 0.312. The molecule has 0 spiro atoms. The standard InChI is InChI=1S/C32H32NO6/c1-4-37-32(34)21-10-8-20(9-11-21)6-5-7-23-17-33-18-26-22(12-13-28(35-2)31(26)36-3)14-27(33)25-16-30-29(15-24(23)25)38-19-39-30/h8-16,18,23H,4-7,17,19H2,1-3H3/q+1. The van der Waals surface area contributed by atoms with Gasteiger partial charge in [-0.1, -0.05) is 12.1 Å². The molecule has 1 atom stereocenters. The number of nitrogens with zero attached hydrogens (tertiary/aromatic N) is 1. The Balaban J connectivity index is 1.30. The summed E-state index contributed by atoms with van der Waals surface area (Å²) in [5.41, 5.74) is 5.40. The van der Waals surface area contributed by atoms with E-state index in [-0.39, 0.29) is 12.8 Å². The molecule has 0 radical (unpaired) electrons. The number of ether oxygens (including phenoxy) is 5. The summed E-state index contributed by atoms with van der Waals surface area (Å²) in [6.45, 7) is 3.29. The van der Waals surface area contributed by atoms with Crippen LogP contribution in [0.4, 0.5) is 0 Å². The van der Waals surface area contributed by atoms with Crippen LogP contribution < -0.4 is 23.5 Å². The second-order valence-corrected chi connectivity index (χ2v) is 9.91. The molecule has 3 heterocycles. The predicted octanol–water partition coefficient (Wildman–Crippen LogP) is 5.84. The highest BCUT2D eigenvalue weighted by Crippen LogP contribution is 2.45. The summed E-state index contributed by atoms with van der Waals surface area (Å²) in [6, 6.07) is 18.3. The van der Waals surface area contributed by atoms with Crippen molar-refractivity contribution in [3.05, 3.63) is 77.5 Å². The van der Waals surface area contributed by atoms with Crippen LogP contribution in [0.1, 0.15) is 47.2 Å². The number of benzene rings is 3. The van der Waals surface area contributed by atoms with E-state index in [2.05, 4.69) is 35.0 Å². The average Bonchev–Trinajstić information content (AvgIpc) is 3.43. The highest BCUT2D eigenvalue weighted by molar-refractivity contribution is 5.92. The van der Waals surface area contributed by atoms with E-state index in [9.17, 15) is 4.79 Å². The first kappa shape index (κ1) is 25.0. The Morgan fingerprint density at radius 1 is 1.00 bits per heavy atom. The number of aryl methyl sites for hydroxylation is 1. The molecule has 2 aliphatic heterocycles. The maximum atomic E-state index is 12.0. The molecule has 39 heavy (non-hydrogen) atoms. The van der Waals surface area contributed by atoms with Crippen molar-refractivity contribution in [2.24, 2.45) is 0 Å². The molecule has 0 N–H and O–H groups in total. The summed E-state index contributed by atoms with van der Waals surface area (Å²) in [5.74, 6) is 3.09. The maximum Gasteiger partial charge on any atom is 0.338 e. The van der Waals surface area contributed by atoms with Crippen LogP contribution in [0, 0.1) is 0 Å². The first-order chi connectivity index (χ1) is 19.1. The Morgan fingerprint density at radius 3 is 2.54 bits per heavy atom. The Morgan fingerprint density at radius 2 is 1.79 bits per heavy atom. The van der Waals surface area contributed by atoms with Crippen LogP contribution in [0.25, 0.3) is 22.0 Å². The predicted molar refractivity (Wildman–Crippen MR) is 147 cm³/mol. The molecule has 3 aromatic carbocycles. The fourth-order valence-electron chi connectivity index (χ4n) is 5.74. The van der Waals surface area contributed by atoms with Crippen molar-refractivity contribution >= 4 is 16.7 Å². The van der Waals surface area contributed by atoms with E-state index in [1.54, 1.807) is 14.2 Å². The molecule has 1 aromatic heterocycles. The van der Waals surface area contributed by atoms with Crippen LogP contribution in [-0.4, -0.2) is 33.6 Å². The third kappa shape index (κ3) is 4.62. The Hall–Kier alpha value is -4.26. The summed E-state index contributed by atoms with van der Waals surface area (Å²) in [5, 5.41) is 2.11. The molecule has 0 saturated carbocycles. The molecular formula is C32H32NO6+. The molecule has 2 aliphatic rings. The highest BCUT2D eigenvalue weighted by atomic mass is 16.7. The minimum Gasteiger partial charge on any atom is -0.493 e. The zero-order chi connectivity index (χ0) is 26.9. The summed E-state index contributed by atoms with van der Waals surface area (Å²) in [6.07, 6.45) is 5.13. The molecule has 7 nitrogen and oxygen atoms in total. The van der Waals surface area contributed by atoms with Crippen molar-refractivity contribution in [2.45, 2.75) is 38.6 Å². The number of rotatable bonds is 8. The van der Waals surface area contributed by atoms with Crippen molar-refractivity contribution in [1.29, 1.82) is 0 Å². The van der Waals surface area contributed by atoms with Gasteiger partial charge in [-0.15, -0.1) is 0 Å². The fourth-order valence-corrected chi connectivity index (χ4v) is 5.74. The molecule has 6 rings (SSSR count). The highest BCUT2D eigenvalue weighted by Gasteiger charge is 2.34. The van der Waals surface area contributed by atoms with Crippen LogP contribution >= 0.6 is 0 Å². The zero-order valence-electron chi connectivity index (χ0n) is 22.5. The van der Waals surface area contributed by atoms with Gasteiger partial charge in [-0.25, -0.2) is 4.79 Å². The number of methoxy groups -OCH3 is 2. The Labute approximate surface area is 227 Å². The Kier molecular flexibility index (Phi) is 6.73. The number of pyridine rings is 1. The summed E-state index contributed by atoms with van der Waals surface area (Å²) in [7, 11) is 3.34. The first-order valence-electron chi connectivity index (χ1n) is 13.4. The number of fused-ring (bicyclic) bond motifs is 5. The molecule has 7 heteroatoms. The van der Waals surface area contributed by atoms with Gasteiger partial charge in [0.2, 0.25) is 12.5 Å². The Bertz CT molecular complexity index is 1550. The lowest BCUT2D eigenvalue weighted by molar-refractivity contribution is -0.689.